The summed E-state index contributed by atoms with van der Waals surface area (Å²) in [6.45, 7) is 0.440. The smallest absolute Gasteiger partial charge is 0.223 e. The Morgan fingerprint density at radius 3 is 2.86 bits per heavy atom. The van der Waals surface area contributed by atoms with E-state index in [0.29, 0.717) is 18.1 Å². The quantitative estimate of drug-likeness (QED) is 0.445. The number of aromatic hydroxyl groups is 1. The van der Waals surface area contributed by atoms with E-state index in [2.05, 4.69) is 35.5 Å². The molecule has 3 N–H and O–H groups in total. The van der Waals surface area contributed by atoms with E-state index in [4.69, 9.17) is 0 Å². The van der Waals surface area contributed by atoms with Gasteiger partial charge in [0.25, 0.3) is 0 Å². The number of nitrogens with zero attached hydrogens (tertiary/aromatic N) is 5. The fourth-order valence-corrected chi connectivity index (χ4v) is 3.10. The number of anilines is 1. The number of para-hydroxylation sites is 1. The van der Waals surface area contributed by atoms with E-state index in [1.807, 2.05) is 30.3 Å². The van der Waals surface area contributed by atoms with Crippen molar-refractivity contribution >= 4 is 27.9 Å². The zero-order valence-electron chi connectivity index (χ0n) is 14.7. The van der Waals surface area contributed by atoms with Gasteiger partial charge in [0.15, 0.2) is 5.65 Å². The number of hydrogen-bond donors (Lipinski definition) is 3. The van der Waals surface area contributed by atoms with Crippen molar-refractivity contribution in [3.63, 3.8) is 0 Å². The second-order valence-corrected chi connectivity index (χ2v) is 6.30. The molecule has 136 valence electrons. The first-order valence-electron chi connectivity index (χ1n) is 8.70. The van der Waals surface area contributed by atoms with E-state index >= 15 is 0 Å². The van der Waals surface area contributed by atoms with E-state index in [1.54, 1.807) is 24.5 Å². The van der Waals surface area contributed by atoms with Gasteiger partial charge in [-0.1, -0.05) is 24.3 Å². The molecular weight excluding hydrogens is 354 g/mol. The Balaban J connectivity index is 1.45. The zero-order chi connectivity index (χ0) is 18.9. The first-order valence-corrected chi connectivity index (χ1v) is 8.70. The normalized spacial score (nSPS) is 11.1. The summed E-state index contributed by atoms with van der Waals surface area (Å²) in [6, 6.07) is 13.1. The number of rotatable bonds is 4. The Hall–Kier alpha value is -4.07. The maximum Gasteiger partial charge on any atom is 0.223 e. The molecule has 0 spiro atoms. The van der Waals surface area contributed by atoms with Crippen LogP contribution >= 0.6 is 0 Å². The van der Waals surface area contributed by atoms with Crippen molar-refractivity contribution in [1.29, 1.82) is 0 Å². The topological polar surface area (TPSA) is 112 Å². The summed E-state index contributed by atoms with van der Waals surface area (Å²) in [6.07, 6.45) is 5.01. The molecule has 8 heteroatoms. The van der Waals surface area contributed by atoms with Crippen LogP contribution in [0.5, 0.6) is 5.75 Å². The number of phenols is 1. The van der Waals surface area contributed by atoms with E-state index in [9.17, 15) is 5.11 Å². The fourth-order valence-electron chi connectivity index (χ4n) is 3.10. The van der Waals surface area contributed by atoms with Crippen LogP contribution < -0.4 is 5.32 Å². The Labute approximate surface area is 159 Å². The van der Waals surface area contributed by atoms with Gasteiger partial charge in [-0.2, -0.15) is 5.10 Å². The lowest BCUT2D eigenvalue weighted by Gasteiger charge is -2.08. The molecule has 0 fully saturated rings. The zero-order valence-corrected chi connectivity index (χ0v) is 14.7. The van der Waals surface area contributed by atoms with Gasteiger partial charge in [-0.25, -0.2) is 19.9 Å². The summed E-state index contributed by atoms with van der Waals surface area (Å²) in [4.78, 5) is 17.5. The number of aromatic amines is 1. The van der Waals surface area contributed by atoms with Gasteiger partial charge >= 0.3 is 0 Å². The van der Waals surface area contributed by atoms with Crippen LogP contribution in [-0.2, 0) is 6.54 Å². The highest BCUT2D eigenvalue weighted by atomic mass is 16.3. The second kappa shape index (κ2) is 6.58. The summed E-state index contributed by atoms with van der Waals surface area (Å²) < 4.78 is 0. The first kappa shape index (κ1) is 16.1. The molecule has 0 radical (unpaired) electrons. The molecule has 3 aromatic heterocycles. The summed E-state index contributed by atoms with van der Waals surface area (Å²) in [5, 5.41) is 21.7. The van der Waals surface area contributed by atoms with Gasteiger partial charge in [-0.3, -0.25) is 5.10 Å². The third kappa shape index (κ3) is 2.86. The van der Waals surface area contributed by atoms with E-state index in [1.165, 1.54) is 6.33 Å². The minimum Gasteiger partial charge on any atom is -0.508 e. The summed E-state index contributed by atoms with van der Waals surface area (Å²) in [5.41, 5.74) is 4.05. The highest BCUT2D eigenvalue weighted by Gasteiger charge is 2.09. The molecule has 28 heavy (non-hydrogen) atoms. The Morgan fingerprint density at radius 1 is 1.00 bits per heavy atom. The maximum absolute atomic E-state index is 9.86. The van der Waals surface area contributed by atoms with Crippen LogP contribution in [0.4, 0.5) is 5.95 Å². The molecular formula is C20H15N7O. The molecule has 8 nitrogen and oxygen atoms in total. The minimum absolute atomic E-state index is 0.246. The van der Waals surface area contributed by atoms with Crippen LogP contribution in [0.15, 0.2) is 61.2 Å². The van der Waals surface area contributed by atoms with Gasteiger partial charge in [0.05, 0.1) is 22.8 Å². The average Bonchev–Trinajstić information content (AvgIpc) is 3.22. The Morgan fingerprint density at radius 2 is 1.93 bits per heavy atom. The summed E-state index contributed by atoms with van der Waals surface area (Å²) in [5.74, 6) is 0.749. The van der Waals surface area contributed by atoms with Gasteiger partial charge in [-0.05, 0) is 18.2 Å². The van der Waals surface area contributed by atoms with Crippen molar-refractivity contribution in [3.8, 4) is 17.0 Å². The lowest BCUT2D eigenvalue weighted by Crippen LogP contribution is -2.03. The van der Waals surface area contributed by atoms with Crippen molar-refractivity contribution in [2.45, 2.75) is 6.54 Å². The molecule has 0 saturated heterocycles. The van der Waals surface area contributed by atoms with Crippen molar-refractivity contribution in [1.82, 2.24) is 30.1 Å². The van der Waals surface area contributed by atoms with Gasteiger partial charge in [0, 0.05) is 29.3 Å². The molecule has 0 aliphatic carbocycles. The fraction of sp³-hybridized carbons (Fsp3) is 0.0500. The lowest BCUT2D eigenvalue weighted by atomic mass is 10.1. The molecule has 2 aromatic carbocycles. The molecule has 0 aliphatic heterocycles. The SMILES string of the molecule is Oc1ccccc1CNc1ncc2cc(-c3ncnc4[nH]ncc34)ccc2n1. The van der Waals surface area contributed by atoms with Crippen LogP contribution in [0.2, 0.25) is 0 Å². The summed E-state index contributed by atoms with van der Waals surface area (Å²) >= 11 is 0. The van der Waals surface area contributed by atoms with Gasteiger partial charge in [0.2, 0.25) is 5.95 Å². The Kier molecular flexibility index (Phi) is 3.79. The monoisotopic (exact) mass is 369 g/mol. The average molecular weight is 369 g/mol. The van der Waals surface area contributed by atoms with Crippen molar-refractivity contribution in [2.75, 3.05) is 5.32 Å². The number of aromatic nitrogens is 6. The van der Waals surface area contributed by atoms with E-state index in [-0.39, 0.29) is 5.75 Å². The predicted molar refractivity (Wildman–Crippen MR) is 106 cm³/mol. The standard InChI is InChI=1S/C20H15N7O/c28-17-4-2-1-3-13(17)8-21-20-22-9-14-7-12(5-6-16(14)26-20)18-15-10-25-27-19(15)24-11-23-18/h1-7,9-11,28H,8H2,(H,21,22,26)(H,23,24,25,27). The summed E-state index contributed by atoms with van der Waals surface area (Å²) in [7, 11) is 0. The third-order valence-corrected chi connectivity index (χ3v) is 4.53. The second-order valence-electron chi connectivity index (χ2n) is 6.30. The number of H-pyrrole nitrogens is 1. The third-order valence-electron chi connectivity index (χ3n) is 4.53. The number of hydrogen-bond acceptors (Lipinski definition) is 7. The first-order chi connectivity index (χ1) is 13.8. The Bertz CT molecular complexity index is 1300. The maximum atomic E-state index is 9.86. The highest BCUT2D eigenvalue weighted by molar-refractivity contribution is 5.93. The van der Waals surface area contributed by atoms with E-state index < -0.39 is 0 Å². The molecule has 5 aromatic rings. The van der Waals surface area contributed by atoms with Gasteiger partial charge in [0.1, 0.15) is 12.1 Å². The number of phenolic OH excluding ortho intramolecular Hbond substituents is 1. The highest BCUT2D eigenvalue weighted by Crippen LogP contribution is 2.27. The number of nitrogens with one attached hydrogen (secondary N) is 2. The van der Waals surface area contributed by atoms with Crippen LogP contribution in [0.1, 0.15) is 5.56 Å². The minimum atomic E-state index is 0.246. The van der Waals surface area contributed by atoms with Crippen LogP contribution in [0.3, 0.4) is 0 Å². The van der Waals surface area contributed by atoms with Gasteiger partial charge in [-0.15, -0.1) is 0 Å². The van der Waals surface area contributed by atoms with Crippen LogP contribution in [0.25, 0.3) is 33.2 Å². The molecule has 0 atom stereocenters. The largest absolute Gasteiger partial charge is 0.508 e. The molecule has 0 unspecified atom stereocenters. The van der Waals surface area contributed by atoms with Crippen molar-refractivity contribution in [2.24, 2.45) is 0 Å². The molecule has 0 amide bonds. The van der Waals surface area contributed by atoms with E-state index in [0.717, 1.165) is 33.1 Å². The molecule has 0 bridgehead atoms. The molecule has 0 aliphatic rings. The van der Waals surface area contributed by atoms with Crippen molar-refractivity contribution in [3.05, 3.63) is 66.7 Å². The van der Waals surface area contributed by atoms with Gasteiger partial charge < -0.3 is 10.4 Å². The van der Waals surface area contributed by atoms with Crippen LogP contribution in [0, 0.1) is 0 Å². The van der Waals surface area contributed by atoms with Crippen LogP contribution in [-0.4, -0.2) is 35.2 Å². The van der Waals surface area contributed by atoms with Crippen molar-refractivity contribution < 1.29 is 5.11 Å². The predicted octanol–water partition coefficient (Wildman–Crippen LogP) is 3.28. The lowest BCUT2D eigenvalue weighted by molar-refractivity contribution is 0.469. The number of benzene rings is 2. The molecule has 3 heterocycles. The number of fused-ring (bicyclic) bond motifs is 2. The molecule has 0 saturated carbocycles. The molecule has 5 rings (SSSR count).